The molecule has 0 saturated carbocycles. The molecule has 0 bridgehead atoms. The minimum absolute atomic E-state index is 0.0978. The molecular weight excluding hydrogens is 521 g/mol. The van der Waals surface area contributed by atoms with Gasteiger partial charge in [0.2, 0.25) is 5.91 Å². The largest absolute Gasteiger partial charge is 0.496 e. The van der Waals surface area contributed by atoms with Gasteiger partial charge in [0.25, 0.3) is 5.91 Å². The summed E-state index contributed by atoms with van der Waals surface area (Å²) in [6, 6.07) is 4.19. The van der Waals surface area contributed by atoms with Gasteiger partial charge >= 0.3 is 5.97 Å². The SMILES string of the molecule is COc1ccc(C(=O)NC(=S)N2CCNC(=O)C2CC(=O)OCCC(C)C)cc1I. The number of esters is 1. The van der Waals surface area contributed by atoms with Gasteiger partial charge in [0, 0.05) is 18.7 Å². The molecule has 1 unspecified atom stereocenters. The topological polar surface area (TPSA) is 97.0 Å². The predicted octanol–water partition coefficient (Wildman–Crippen LogP) is 2.09. The lowest BCUT2D eigenvalue weighted by molar-refractivity contribution is -0.147. The van der Waals surface area contributed by atoms with E-state index >= 15 is 0 Å². The molecule has 1 fully saturated rings. The van der Waals surface area contributed by atoms with Crippen LogP contribution < -0.4 is 15.4 Å². The van der Waals surface area contributed by atoms with Crippen molar-refractivity contribution in [3.63, 3.8) is 0 Å². The molecule has 1 aromatic carbocycles. The van der Waals surface area contributed by atoms with Crippen molar-refractivity contribution < 1.29 is 23.9 Å². The maximum Gasteiger partial charge on any atom is 0.308 e. The van der Waals surface area contributed by atoms with E-state index in [-0.39, 0.29) is 17.4 Å². The van der Waals surface area contributed by atoms with Crippen molar-refractivity contribution in [3.05, 3.63) is 27.3 Å². The Morgan fingerprint density at radius 1 is 1.40 bits per heavy atom. The number of hydrogen-bond acceptors (Lipinski definition) is 6. The summed E-state index contributed by atoms with van der Waals surface area (Å²) in [6.07, 6.45) is 0.613. The summed E-state index contributed by atoms with van der Waals surface area (Å²) in [5.74, 6) is -0.112. The molecule has 10 heteroatoms. The van der Waals surface area contributed by atoms with E-state index in [1.807, 2.05) is 13.8 Å². The van der Waals surface area contributed by atoms with Gasteiger partial charge in [0.1, 0.15) is 11.8 Å². The van der Waals surface area contributed by atoms with Crippen molar-refractivity contribution in [1.29, 1.82) is 0 Å². The second-order valence-electron chi connectivity index (χ2n) is 7.22. The first-order chi connectivity index (χ1) is 14.2. The van der Waals surface area contributed by atoms with Crippen molar-refractivity contribution in [2.75, 3.05) is 26.8 Å². The van der Waals surface area contributed by atoms with Gasteiger partial charge in [-0.05, 0) is 65.3 Å². The Balaban J connectivity index is 2.02. The first-order valence-corrected chi connectivity index (χ1v) is 11.1. The Bertz CT molecular complexity index is 818. The Kier molecular flexibility index (Phi) is 9.28. The third kappa shape index (κ3) is 6.79. The number of methoxy groups -OCH3 is 1. The predicted molar refractivity (Wildman–Crippen MR) is 124 cm³/mol. The number of thiocarbonyl (C=S) groups is 1. The normalized spacial score (nSPS) is 16.1. The van der Waals surface area contributed by atoms with Crippen LogP contribution >= 0.6 is 34.8 Å². The molecule has 2 amide bonds. The van der Waals surface area contributed by atoms with Gasteiger partial charge in [-0.2, -0.15) is 0 Å². The summed E-state index contributed by atoms with van der Waals surface area (Å²) in [6.45, 7) is 5.13. The van der Waals surface area contributed by atoms with E-state index in [0.29, 0.717) is 36.9 Å². The Morgan fingerprint density at radius 2 is 2.13 bits per heavy atom. The molecule has 0 aliphatic carbocycles. The Hall–Kier alpha value is -1.95. The minimum atomic E-state index is -0.825. The summed E-state index contributed by atoms with van der Waals surface area (Å²) >= 11 is 7.45. The number of hydrogen-bond donors (Lipinski definition) is 2. The zero-order valence-electron chi connectivity index (χ0n) is 17.2. The van der Waals surface area contributed by atoms with Crippen molar-refractivity contribution in [1.82, 2.24) is 15.5 Å². The number of benzene rings is 1. The number of nitrogens with zero attached hydrogens (tertiary/aromatic N) is 1. The van der Waals surface area contributed by atoms with Crippen LogP contribution in [0.5, 0.6) is 5.75 Å². The van der Waals surface area contributed by atoms with E-state index in [2.05, 4.69) is 33.2 Å². The zero-order chi connectivity index (χ0) is 22.3. The average Bonchev–Trinajstić information content (AvgIpc) is 2.69. The molecule has 1 aliphatic heterocycles. The van der Waals surface area contributed by atoms with E-state index in [0.717, 1.165) is 9.99 Å². The number of piperazine rings is 1. The number of rotatable bonds is 7. The number of ether oxygens (including phenoxy) is 2. The van der Waals surface area contributed by atoms with Gasteiger partial charge in [-0.15, -0.1) is 0 Å². The molecule has 164 valence electrons. The van der Waals surface area contributed by atoms with Crippen molar-refractivity contribution in [3.8, 4) is 5.75 Å². The molecule has 0 aromatic heterocycles. The second kappa shape index (κ2) is 11.4. The lowest BCUT2D eigenvalue weighted by atomic mass is 10.1. The molecule has 1 atom stereocenters. The fraction of sp³-hybridized carbons (Fsp3) is 0.500. The number of nitrogens with one attached hydrogen (secondary N) is 2. The van der Waals surface area contributed by atoms with Gasteiger partial charge < -0.3 is 19.7 Å². The van der Waals surface area contributed by atoms with Crippen LogP contribution in [0.15, 0.2) is 18.2 Å². The van der Waals surface area contributed by atoms with Crippen LogP contribution in [0.1, 0.15) is 37.0 Å². The minimum Gasteiger partial charge on any atom is -0.496 e. The zero-order valence-corrected chi connectivity index (χ0v) is 20.2. The molecule has 8 nitrogen and oxygen atoms in total. The highest BCUT2D eigenvalue weighted by Crippen LogP contribution is 2.21. The first kappa shape index (κ1) is 24.3. The van der Waals surface area contributed by atoms with Crippen molar-refractivity contribution in [2.24, 2.45) is 5.92 Å². The fourth-order valence-corrected chi connectivity index (χ4v) is 3.88. The molecule has 30 heavy (non-hydrogen) atoms. The summed E-state index contributed by atoms with van der Waals surface area (Å²) in [7, 11) is 1.56. The van der Waals surface area contributed by atoms with E-state index in [9.17, 15) is 14.4 Å². The number of carbonyl (C=O) groups is 3. The molecule has 1 saturated heterocycles. The van der Waals surface area contributed by atoms with E-state index in [1.165, 1.54) is 0 Å². The van der Waals surface area contributed by atoms with Gasteiger partial charge in [-0.3, -0.25) is 19.7 Å². The number of amides is 2. The fourth-order valence-electron chi connectivity index (χ4n) is 2.83. The van der Waals surface area contributed by atoms with Gasteiger partial charge in [0.15, 0.2) is 5.11 Å². The summed E-state index contributed by atoms with van der Waals surface area (Å²) in [4.78, 5) is 38.7. The van der Waals surface area contributed by atoms with Crippen LogP contribution in [0.4, 0.5) is 0 Å². The summed E-state index contributed by atoms with van der Waals surface area (Å²) in [5.41, 5.74) is 0.411. The van der Waals surface area contributed by atoms with Gasteiger partial charge in [-0.25, -0.2) is 0 Å². The average molecular weight is 547 g/mol. The maximum atomic E-state index is 12.6. The van der Waals surface area contributed by atoms with E-state index < -0.39 is 17.9 Å². The van der Waals surface area contributed by atoms with Crippen molar-refractivity contribution in [2.45, 2.75) is 32.7 Å². The van der Waals surface area contributed by atoms with Gasteiger partial charge in [-0.1, -0.05) is 13.8 Å². The third-order valence-corrected chi connectivity index (χ3v) is 5.72. The molecule has 2 rings (SSSR count). The summed E-state index contributed by atoms with van der Waals surface area (Å²) < 4.78 is 11.2. The van der Waals surface area contributed by atoms with Crippen LogP contribution in [-0.2, 0) is 14.3 Å². The highest BCUT2D eigenvalue weighted by molar-refractivity contribution is 14.1. The maximum absolute atomic E-state index is 12.6. The lowest BCUT2D eigenvalue weighted by Gasteiger charge is -2.36. The van der Waals surface area contributed by atoms with Gasteiger partial charge in [0.05, 0.1) is 23.7 Å². The smallest absolute Gasteiger partial charge is 0.308 e. The van der Waals surface area contributed by atoms with Crippen LogP contribution in [0.3, 0.4) is 0 Å². The monoisotopic (exact) mass is 547 g/mol. The highest BCUT2D eigenvalue weighted by atomic mass is 127. The van der Waals surface area contributed by atoms with E-state index in [1.54, 1.807) is 30.2 Å². The van der Waals surface area contributed by atoms with Crippen LogP contribution in [-0.4, -0.2) is 60.6 Å². The van der Waals surface area contributed by atoms with Crippen molar-refractivity contribution >= 4 is 57.7 Å². The summed E-state index contributed by atoms with van der Waals surface area (Å²) in [5, 5.41) is 5.48. The molecule has 1 heterocycles. The number of halogens is 1. The lowest BCUT2D eigenvalue weighted by Crippen LogP contribution is -2.60. The van der Waals surface area contributed by atoms with E-state index in [4.69, 9.17) is 21.7 Å². The standard InChI is InChI=1S/C20H26IN3O5S/c1-12(2)6-9-29-17(25)11-15-19(27)22-7-8-24(15)20(30)23-18(26)13-4-5-16(28-3)14(21)10-13/h4-5,10,12,15H,6-9,11H2,1-3H3,(H,22,27)(H,23,26,30). The van der Waals surface area contributed by atoms with Crippen LogP contribution in [0.25, 0.3) is 0 Å². The molecule has 0 radical (unpaired) electrons. The highest BCUT2D eigenvalue weighted by Gasteiger charge is 2.34. The second-order valence-corrected chi connectivity index (χ2v) is 8.76. The molecule has 0 spiro atoms. The van der Waals surface area contributed by atoms with Crippen LogP contribution in [0, 0.1) is 9.49 Å². The van der Waals surface area contributed by atoms with Crippen LogP contribution in [0.2, 0.25) is 0 Å². The Morgan fingerprint density at radius 3 is 2.77 bits per heavy atom. The number of carbonyl (C=O) groups excluding carboxylic acids is 3. The Labute approximate surface area is 195 Å². The third-order valence-electron chi connectivity index (χ3n) is 4.54. The first-order valence-electron chi connectivity index (χ1n) is 9.61. The quantitative estimate of drug-likeness (QED) is 0.307. The molecule has 2 N–H and O–H groups in total. The molecular formula is C20H26IN3O5S. The molecule has 1 aromatic rings. The molecule has 1 aliphatic rings.